The standard InChI is InChI=1S/C23H31N3O4/c1-6-26-17(4)20(16(3)21(26)23(28)30-7-2)22(27)25-14-12-24(13-15-25)18-10-8-9-11-19(18)29-5/h8-11H,6-7,12-15H2,1-5H3. The molecule has 1 aliphatic heterocycles. The summed E-state index contributed by atoms with van der Waals surface area (Å²) in [5.74, 6) is 0.436. The topological polar surface area (TPSA) is 64.0 Å². The van der Waals surface area contributed by atoms with Crippen LogP contribution in [-0.2, 0) is 11.3 Å². The summed E-state index contributed by atoms with van der Waals surface area (Å²) in [6.45, 7) is 11.1. The van der Waals surface area contributed by atoms with Gasteiger partial charge in [0.15, 0.2) is 0 Å². The Balaban J connectivity index is 1.81. The molecule has 0 bridgehead atoms. The molecule has 2 heterocycles. The smallest absolute Gasteiger partial charge is 0.355 e. The first-order valence-corrected chi connectivity index (χ1v) is 10.5. The predicted octanol–water partition coefficient (Wildman–Crippen LogP) is 3.27. The molecule has 0 atom stereocenters. The molecule has 0 unspecified atom stereocenters. The van der Waals surface area contributed by atoms with Gasteiger partial charge in [0.1, 0.15) is 11.4 Å². The van der Waals surface area contributed by atoms with Crippen molar-refractivity contribution in [2.24, 2.45) is 0 Å². The zero-order valence-electron chi connectivity index (χ0n) is 18.5. The van der Waals surface area contributed by atoms with Crippen LogP contribution in [0.15, 0.2) is 24.3 Å². The summed E-state index contributed by atoms with van der Waals surface area (Å²) in [5, 5.41) is 0. The summed E-state index contributed by atoms with van der Waals surface area (Å²) < 4.78 is 12.6. The van der Waals surface area contributed by atoms with Crippen LogP contribution in [0.3, 0.4) is 0 Å². The Morgan fingerprint density at radius 1 is 1.03 bits per heavy atom. The van der Waals surface area contributed by atoms with Crippen LogP contribution in [0.5, 0.6) is 5.75 Å². The van der Waals surface area contributed by atoms with Crippen LogP contribution in [0, 0.1) is 13.8 Å². The number of nitrogens with zero attached hydrogens (tertiary/aromatic N) is 3. The maximum absolute atomic E-state index is 13.4. The van der Waals surface area contributed by atoms with E-state index in [0.717, 1.165) is 30.2 Å². The Kier molecular flexibility index (Phi) is 6.70. The molecule has 1 saturated heterocycles. The Hall–Kier alpha value is -2.96. The quantitative estimate of drug-likeness (QED) is 0.680. The summed E-state index contributed by atoms with van der Waals surface area (Å²) in [5.41, 5.74) is 3.65. The van der Waals surface area contributed by atoms with Gasteiger partial charge in [-0.05, 0) is 45.4 Å². The number of rotatable bonds is 6. The molecular weight excluding hydrogens is 382 g/mol. The number of esters is 1. The molecule has 0 radical (unpaired) electrons. The second-order valence-electron chi connectivity index (χ2n) is 7.35. The number of hydrogen-bond acceptors (Lipinski definition) is 5. The third-order valence-electron chi connectivity index (χ3n) is 5.76. The zero-order valence-corrected chi connectivity index (χ0v) is 18.5. The fraction of sp³-hybridized carbons (Fsp3) is 0.478. The summed E-state index contributed by atoms with van der Waals surface area (Å²) in [4.78, 5) is 30.0. The van der Waals surface area contributed by atoms with Crippen molar-refractivity contribution < 1.29 is 19.1 Å². The van der Waals surface area contributed by atoms with E-state index in [1.165, 1.54) is 0 Å². The normalized spacial score (nSPS) is 14.0. The molecule has 0 N–H and O–H groups in total. The first kappa shape index (κ1) is 21.7. The maximum Gasteiger partial charge on any atom is 0.355 e. The van der Waals surface area contributed by atoms with Crippen LogP contribution >= 0.6 is 0 Å². The first-order valence-electron chi connectivity index (χ1n) is 10.5. The number of amides is 1. The van der Waals surface area contributed by atoms with E-state index in [2.05, 4.69) is 4.90 Å². The molecule has 0 aliphatic carbocycles. The lowest BCUT2D eigenvalue weighted by molar-refractivity contribution is 0.0512. The van der Waals surface area contributed by atoms with E-state index in [0.29, 0.717) is 43.1 Å². The van der Waals surface area contributed by atoms with Crippen molar-refractivity contribution >= 4 is 17.6 Å². The van der Waals surface area contributed by atoms with Gasteiger partial charge in [0.2, 0.25) is 0 Å². The van der Waals surface area contributed by atoms with Crippen molar-refractivity contribution in [1.82, 2.24) is 9.47 Å². The number of para-hydroxylation sites is 2. The number of anilines is 1. The Morgan fingerprint density at radius 2 is 1.70 bits per heavy atom. The number of carbonyl (C=O) groups is 2. The third-order valence-corrected chi connectivity index (χ3v) is 5.76. The van der Waals surface area contributed by atoms with Crippen LogP contribution in [0.2, 0.25) is 0 Å². The Morgan fingerprint density at radius 3 is 2.30 bits per heavy atom. The number of hydrogen-bond donors (Lipinski definition) is 0. The van der Waals surface area contributed by atoms with Crippen LogP contribution in [0.25, 0.3) is 0 Å². The number of carbonyl (C=O) groups excluding carboxylic acids is 2. The summed E-state index contributed by atoms with van der Waals surface area (Å²) in [6.07, 6.45) is 0. The highest BCUT2D eigenvalue weighted by atomic mass is 16.5. The number of ether oxygens (including phenoxy) is 2. The molecule has 1 fully saturated rings. The lowest BCUT2D eigenvalue weighted by Gasteiger charge is -2.36. The highest BCUT2D eigenvalue weighted by Gasteiger charge is 2.31. The van der Waals surface area contributed by atoms with E-state index in [4.69, 9.17) is 9.47 Å². The van der Waals surface area contributed by atoms with Gasteiger partial charge in [-0.15, -0.1) is 0 Å². The minimum Gasteiger partial charge on any atom is -0.495 e. The number of methoxy groups -OCH3 is 1. The van der Waals surface area contributed by atoms with E-state index in [9.17, 15) is 9.59 Å². The van der Waals surface area contributed by atoms with Gasteiger partial charge in [0.25, 0.3) is 5.91 Å². The highest BCUT2D eigenvalue weighted by Crippen LogP contribution is 2.29. The molecule has 1 aromatic heterocycles. The molecule has 7 nitrogen and oxygen atoms in total. The SMILES string of the molecule is CCOC(=O)c1c(C)c(C(=O)N2CCN(c3ccccc3OC)CC2)c(C)n1CC. The molecule has 1 amide bonds. The highest BCUT2D eigenvalue weighted by molar-refractivity contribution is 6.01. The molecule has 3 rings (SSSR count). The second kappa shape index (κ2) is 9.24. The van der Waals surface area contributed by atoms with E-state index in [-0.39, 0.29) is 11.9 Å². The number of benzene rings is 1. The van der Waals surface area contributed by atoms with Crippen LogP contribution in [-0.4, -0.2) is 61.2 Å². The van der Waals surface area contributed by atoms with Crippen LogP contribution in [0.4, 0.5) is 5.69 Å². The molecule has 30 heavy (non-hydrogen) atoms. The van der Waals surface area contributed by atoms with Gasteiger partial charge in [0.05, 0.1) is 25.0 Å². The van der Waals surface area contributed by atoms with Crippen molar-refractivity contribution in [1.29, 1.82) is 0 Å². The molecule has 1 aromatic carbocycles. The maximum atomic E-state index is 13.4. The van der Waals surface area contributed by atoms with Gasteiger partial charge in [-0.1, -0.05) is 12.1 Å². The fourth-order valence-corrected chi connectivity index (χ4v) is 4.27. The first-order chi connectivity index (χ1) is 14.4. The van der Waals surface area contributed by atoms with Crippen molar-refractivity contribution in [3.63, 3.8) is 0 Å². The van der Waals surface area contributed by atoms with Crippen molar-refractivity contribution in [3.05, 3.63) is 46.8 Å². The average molecular weight is 414 g/mol. The molecular formula is C23H31N3O4. The minimum absolute atomic E-state index is 0.0255. The van der Waals surface area contributed by atoms with Crippen LogP contribution < -0.4 is 9.64 Å². The summed E-state index contributed by atoms with van der Waals surface area (Å²) in [6, 6.07) is 7.93. The summed E-state index contributed by atoms with van der Waals surface area (Å²) in [7, 11) is 1.67. The van der Waals surface area contributed by atoms with E-state index < -0.39 is 0 Å². The Bertz CT molecular complexity index is 927. The largest absolute Gasteiger partial charge is 0.495 e. The average Bonchev–Trinajstić information content (AvgIpc) is 3.02. The van der Waals surface area contributed by atoms with E-state index in [1.807, 2.05) is 54.5 Å². The molecule has 162 valence electrons. The van der Waals surface area contributed by atoms with Crippen molar-refractivity contribution in [2.75, 3.05) is 44.8 Å². The van der Waals surface area contributed by atoms with Gasteiger partial charge in [0, 0.05) is 38.4 Å². The molecule has 0 saturated carbocycles. The molecule has 1 aliphatic rings. The second-order valence-corrected chi connectivity index (χ2v) is 7.35. The Labute approximate surface area is 178 Å². The predicted molar refractivity (Wildman–Crippen MR) is 117 cm³/mol. The monoisotopic (exact) mass is 413 g/mol. The number of aromatic nitrogens is 1. The molecule has 2 aromatic rings. The van der Waals surface area contributed by atoms with E-state index >= 15 is 0 Å². The van der Waals surface area contributed by atoms with Gasteiger partial charge >= 0.3 is 5.97 Å². The van der Waals surface area contributed by atoms with Gasteiger partial charge in [-0.3, -0.25) is 4.79 Å². The lowest BCUT2D eigenvalue weighted by atomic mass is 10.1. The molecule has 7 heteroatoms. The van der Waals surface area contributed by atoms with Gasteiger partial charge in [-0.2, -0.15) is 0 Å². The molecule has 0 spiro atoms. The van der Waals surface area contributed by atoms with E-state index in [1.54, 1.807) is 14.0 Å². The number of piperazine rings is 1. The lowest BCUT2D eigenvalue weighted by Crippen LogP contribution is -2.49. The minimum atomic E-state index is -0.375. The van der Waals surface area contributed by atoms with Crippen LogP contribution in [0.1, 0.15) is 46.0 Å². The van der Waals surface area contributed by atoms with Crippen molar-refractivity contribution in [2.45, 2.75) is 34.2 Å². The van der Waals surface area contributed by atoms with Gasteiger partial charge in [-0.25, -0.2) is 4.79 Å². The zero-order chi connectivity index (χ0) is 21.8. The summed E-state index contributed by atoms with van der Waals surface area (Å²) >= 11 is 0. The third kappa shape index (κ3) is 3.88. The van der Waals surface area contributed by atoms with Crippen molar-refractivity contribution in [3.8, 4) is 5.75 Å². The van der Waals surface area contributed by atoms with Gasteiger partial charge < -0.3 is 23.8 Å². The fourth-order valence-electron chi connectivity index (χ4n) is 4.27.